The quantitative estimate of drug-likeness (QED) is 0.503. The number of hydrogen-bond donors (Lipinski definition) is 2. The molecule has 5 nitrogen and oxygen atoms in total. The number of carbonyl (C=O) groups excluding carboxylic acids is 1. The van der Waals surface area contributed by atoms with Gasteiger partial charge in [0, 0.05) is 5.39 Å². The van der Waals surface area contributed by atoms with E-state index in [4.69, 9.17) is 0 Å². The molecule has 0 saturated heterocycles. The van der Waals surface area contributed by atoms with Crippen LogP contribution in [0.4, 0.5) is 17.6 Å². The maximum absolute atomic E-state index is 14.6. The van der Waals surface area contributed by atoms with E-state index >= 15 is 0 Å². The van der Waals surface area contributed by atoms with Gasteiger partial charge < -0.3 is 10.7 Å². The van der Waals surface area contributed by atoms with Crippen LogP contribution in [0.3, 0.4) is 0 Å². The highest BCUT2D eigenvalue weighted by Crippen LogP contribution is 2.38. The highest BCUT2D eigenvalue weighted by Gasteiger charge is 2.32. The Morgan fingerprint density at radius 3 is 2.52 bits per heavy atom. The van der Waals surface area contributed by atoms with Gasteiger partial charge in [0.05, 0.1) is 29.2 Å². The van der Waals surface area contributed by atoms with Crippen molar-refractivity contribution >= 4 is 16.7 Å². The van der Waals surface area contributed by atoms with Crippen LogP contribution in [0.25, 0.3) is 10.8 Å². The average Bonchev–Trinajstić information content (AvgIpc) is 2.71. The van der Waals surface area contributed by atoms with Crippen LogP contribution < -0.4 is 16.3 Å². The first kappa shape index (κ1) is 22.8. The lowest BCUT2D eigenvalue weighted by atomic mass is 9.77. The van der Waals surface area contributed by atoms with Gasteiger partial charge in [-0.1, -0.05) is 30.7 Å². The van der Waals surface area contributed by atoms with Crippen molar-refractivity contribution in [3.8, 4) is 0 Å². The molecule has 2 N–H and O–H groups in total. The number of halogens is 4. The Balaban J connectivity index is 1.81. The van der Waals surface area contributed by atoms with Crippen molar-refractivity contribution in [3.63, 3.8) is 0 Å². The Bertz CT molecular complexity index is 1250. The molecule has 1 saturated carbocycles. The molecular formula is C24H23F4N3O2. The van der Waals surface area contributed by atoms with Crippen LogP contribution in [-0.4, -0.2) is 23.6 Å². The Morgan fingerprint density at radius 1 is 1.15 bits per heavy atom. The lowest BCUT2D eigenvalue weighted by Crippen LogP contribution is -2.39. The van der Waals surface area contributed by atoms with E-state index in [1.54, 1.807) is 12.1 Å². The molecule has 0 radical (unpaired) electrons. The summed E-state index contributed by atoms with van der Waals surface area (Å²) in [7, 11) is 0. The molecule has 1 aromatic heterocycles. The smallest absolute Gasteiger partial charge is 0.279 e. The van der Waals surface area contributed by atoms with Gasteiger partial charge in [0.25, 0.3) is 17.9 Å². The minimum atomic E-state index is -2.76. The summed E-state index contributed by atoms with van der Waals surface area (Å²) in [5.74, 6) is -1.79. The predicted molar refractivity (Wildman–Crippen MR) is 117 cm³/mol. The third kappa shape index (κ3) is 4.44. The highest BCUT2D eigenvalue weighted by atomic mass is 19.3. The summed E-state index contributed by atoms with van der Waals surface area (Å²) in [6.45, 7) is 0.579. The molecule has 0 bridgehead atoms. The van der Waals surface area contributed by atoms with E-state index in [-0.39, 0.29) is 27.9 Å². The molecule has 0 spiro atoms. The number of carbonyl (C=O) groups is 1. The maximum Gasteiger partial charge on any atom is 0.279 e. The minimum Gasteiger partial charge on any atom is -0.345 e. The summed E-state index contributed by atoms with van der Waals surface area (Å²) in [6.07, 6.45) is -0.0702. The van der Waals surface area contributed by atoms with Crippen LogP contribution in [-0.2, 0) is 0 Å². The van der Waals surface area contributed by atoms with Crippen molar-refractivity contribution in [3.05, 3.63) is 81.3 Å². The van der Waals surface area contributed by atoms with Crippen LogP contribution >= 0.6 is 0 Å². The molecule has 9 heteroatoms. The second kappa shape index (κ2) is 9.25. The molecule has 0 aliphatic heterocycles. The number of pyridine rings is 1. The highest BCUT2D eigenvalue weighted by molar-refractivity contribution is 6.08. The topological polar surface area (TPSA) is 63.1 Å². The normalized spacial score (nSPS) is 14.8. The lowest BCUT2D eigenvalue weighted by Gasteiger charge is -2.35. The lowest BCUT2D eigenvalue weighted by molar-refractivity contribution is 0.0900. The number of hydrogen-bond acceptors (Lipinski definition) is 3. The van der Waals surface area contributed by atoms with Crippen molar-refractivity contribution in [2.24, 2.45) is 5.92 Å². The van der Waals surface area contributed by atoms with Gasteiger partial charge in [-0.2, -0.15) is 0 Å². The summed E-state index contributed by atoms with van der Waals surface area (Å²) < 4.78 is 54.9. The molecule has 1 fully saturated rings. The summed E-state index contributed by atoms with van der Waals surface area (Å²) in [4.78, 5) is 26.3. The molecule has 4 rings (SSSR count). The van der Waals surface area contributed by atoms with Crippen LogP contribution in [0, 0.1) is 24.5 Å². The van der Waals surface area contributed by atoms with Crippen molar-refractivity contribution in [1.82, 2.24) is 9.99 Å². The second-order valence-electron chi connectivity index (χ2n) is 8.21. The van der Waals surface area contributed by atoms with Crippen LogP contribution in [0.5, 0.6) is 0 Å². The number of nitrogens with one attached hydrogen (secondary N) is 2. The van der Waals surface area contributed by atoms with Gasteiger partial charge in [-0.25, -0.2) is 22.2 Å². The molecule has 1 aliphatic rings. The monoisotopic (exact) mass is 461 g/mol. The van der Waals surface area contributed by atoms with Crippen molar-refractivity contribution in [2.75, 3.05) is 12.0 Å². The Kier molecular flexibility index (Phi) is 6.40. The first-order valence-electron chi connectivity index (χ1n) is 10.7. The molecule has 174 valence electrons. The molecule has 2 aromatic carbocycles. The van der Waals surface area contributed by atoms with E-state index in [2.05, 4.69) is 10.7 Å². The standard InChI is InChI=1S/C24H23F4N3O2/c1-13-20(17-9-4-10-18(26)21(17)24(33)31(13)29-12-19(27)28)23(32)30-22(14-5-2-6-14)15-7-3-8-16(25)11-15/h3-4,7-11,14,19,22,29H,2,5-6,12H2,1H3,(H,30,32). The van der Waals surface area contributed by atoms with Gasteiger partial charge in [0.1, 0.15) is 11.6 Å². The SMILES string of the molecule is Cc1c(C(=O)NC(c2cccc(F)c2)C2CCC2)c2cccc(F)c2c(=O)n1NCC(F)F. The number of nitrogens with zero attached hydrogens (tertiary/aromatic N) is 1. The zero-order valence-electron chi connectivity index (χ0n) is 17.9. The molecule has 1 heterocycles. The molecule has 33 heavy (non-hydrogen) atoms. The Morgan fingerprint density at radius 2 is 1.88 bits per heavy atom. The van der Waals surface area contributed by atoms with Crippen LogP contribution in [0.1, 0.15) is 46.9 Å². The number of amides is 1. The van der Waals surface area contributed by atoms with Gasteiger partial charge in [0.15, 0.2) is 0 Å². The molecule has 1 atom stereocenters. The summed E-state index contributed by atoms with van der Waals surface area (Å²) in [6, 6.07) is 9.36. The van der Waals surface area contributed by atoms with Gasteiger partial charge in [-0.05, 0) is 49.4 Å². The number of alkyl halides is 2. The van der Waals surface area contributed by atoms with Crippen molar-refractivity contribution in [2.45, 2.75) is 38.7 Å². The van der Waals surface area contributed by atoms with E-state index < -0.39 is 42.1 Å². The summed E-state index contributed by atoms with van der Waals surface area (Å²) in [5, 5.41) is 2.63. The molecule has 1 aliphatic carbocycles. The third-order valence-corrected chi connectivity index (χ3v) is 6.14. The fraction of sp³-hybridized carbons (Fsp3) is 0.333. The van der Waals surface area contributed by atoms with Crippen LogP contribution in [0.15, 0.2) is 47.3 Å². The number of aromatic nitrogens is 1. The minimum absolute atomic E-state index is 0.00778. The molecule has 3 aromatic rings. The fourth-order valence-corrected chi connectivity index (χ4v) is 4.32. The van der Waals surface area contributed by atoms with E-state index in [0.29, 0.717) is 5.56 Å². The first-order valence-corrected chi connectivity index (χ1v) is 10.7. The maximum atomic E-state index is 14.6. The van der Waals surface area contributed by atoms with Crippen LogP contribution in [0.2, 0.25) is 0 Å². The van der Waals surface area contributed by atoms with E-state index in [9.17, 15) is 27.2 Å². The first-order chi connectivity index (χ1) is 15.8. The van der Waals surface area contributed by atoms with E-state index in [1.807, 2.05) is 0 Å². The third-order valence-electron chi connectivity index (χ3n) is 6.14. The predicted octanol–water partition coefficient (Wildman–Crippen LogP) is 4.67. The zero-order chi connectivity index (χ0) is 23.7. The zero-order valence-corrected chi connectivity index (χ0v) is 17.9. The fourth-order valence-electron chi connectivity index (χ4n) is 4.32. The number of rotatable bonds is 7. The molecule has 1 amide bonds. The Labute approximate surface area is 187 Å². The molecular weight excluding hydrogens is 438 g/mol. The summed E-state index contributed by atoms with van der Waals surface area (Å²) >= 11 is 0. The van der Waals surface area contributed by atoms with E-state index in [0.717, 1.165) is 30.0 Å². The average molecular weight is 461 g/mol. The second-order valence-corrected chi connectivity index (χ2v) is 8.21. The van der Waals surface area contributed by atoms with Gasteiger partial charge >= 0.3 is 0 Å². The van der Waals surface area contributed by atoms with Gasteiger partial charge in [-0.15, -0.1) is 0 Å². The number of benzene rings is 2. The Hall–Kier alpha value is -3.36. The van der Waals surface area contributed by atoms with Gasteiger partial charge in [0.2, 0.25) is 0 Å². The largest absolute Gasteiger partial charge is 0.345 e. The number of fused-ring (bicyclic) bond motifs is 1. The van der Waals surface area contributed by atoms with Crippen molar-refractivity contribution in [1.29, 1.82) is 0 Å². The van der Waals surface area contributed by atoms with E-state index in [1.165, 1.54) is 31.2 Å². The molecule has 1 unspecified atom stereocenters. The summed E-state index contributed by atoms with van der Waals surface area (Å²) in [5.41, 5.74) is 2.09. The van der Waals surface area contributed by atoms with Crippen molar-refractivity contribution < 1.29 is 22.4 Å². The van der Waals surface area contributed by atoms with Gasteiger partial charge in [-0.3, -0.25) is 9.59 Å².